The van der Waals surface area contributed by atoms with E-state index in [1.54, 1.807) is 0 Å². The topological polar surface area (TPSA) is 30.9 Å². The summed E-state index contributed by atoms with van der Waals surface area (Å²) in [5.41, 5.74) is 8.75. The molecule has 1 heterocycles. The summed E-state index contributed by atoms with van der Waals surface area (Å²) >= 11 is 0. The highest BCUT2D eigenvalue weighted by Crippen LogP contribution is 2.16. The summed E-state index contributed by atoms with van der Waals surface area (Å²) in [4.78, 5) is 0. The maximum absolute atomic E-state index is 6.11. The average Bonchev–Trinajstić information content (AvgIpc) is 2.87. The van der Waals surface area contributed by atoms with Crippen molar-refractivity contribution in [3.8, 4) is 0 Å². The van der Waals surface area contributed by atoms with Crippen molar-refractivity contribution < 1.29 is 0 Å². The lowest BCUT2D eigenvalue weighted by Crippen LogP contribution is -2.08. The molecule has 1 aromatic carbocycles. The van der Waals surface area contributed by atoms with Crippen molar-refractivity contribution in [3.05, 3.63) is 59.9 Å². The lowest BCUT2D eigenvalue weighted by molar-refractivity contribution is 0.632. The molecule has 0 saturated carbocycles. The Morgan fingerprint density at radius 1 is 1.17 bits per heavy atom. The van der Waals surface area contributed by atoms with E-state index < -0.39 is 0 Å². The third-order valence-electron chi connectivity index (χ3n) is 3.30. The van der Waals surface area contributed by atoms with Gasteiger partial charge < -0.3 is 10.3 Å². The number of aryl methyl sites for hydroxylation is 2. The number of aromatic nitrogens is 1. The highest BCUT2D eigenvalue weighted by molar-refractivity contribution is 5.17. The number of hydrogen-bond donors (Lipinski definition) is 1. The average molecular weight is 242 g/mol. The fraction of sp³-hybridized carbons (Fsp3) is 0.375. The smallest absolute Gasteiger partial charge is 0.0309 e. The zero-order valence-electron chi connectivity index (χ0n) is 11.0. The summed E-state index contributed by atoms with van der Waals surface area (Å²) in [6.07, 6.45) is 7.58. The molecule has 1 atom stereocenters. The second-order valence-corrected chi connectivity index (χ2v) is 4.81. The predicted octanol–water partition coefficient (Wildman–Crippen LogP) is 3.53. The van der Waals surface area contributed by atoms with Crippen LogP contribution in [-0.2, 0) is 13.0 Å². The summed E-state index contributed by atoms with van der Waals surface area (Å²) in [5.74, 6) is 0. The minimum absolute atomic E-state index is 0.188. The van der Waals surface area contributed by atoms with E-state index in [-0.39, 0.29) is 6.04 Å². The molecule has 2 N–H and O–H groups in total. The molecule has 0 spiro atoms. The Morgan fingerprint density at radius 2 is 1.94 bits per heavy atom. The standard InChI is InChI=1S/C16H22N2/c1-2-6-16(17)15-10-12-18(13-15)11-9-14-7-4-3-5-8-14/h3-5,7-8,10,12-13,16H,2,6,9,11,17H2,1H3. The van der Waals surface area contributed by atoms with Gasteiger partial charge in [-0.25, -0.2) is 0 Å². The Morgan fingerprint density at radius 3 is 2.67 bits per heavy atom. The molecule has 96 valence electrons. The third-order valence-corrected chi connectivity index (χ3v) is 3.30. The largest absolute Gasteiger partial charge is 0.354 e. The monoisotopic (exact) mass is 242 g/mol. The molecule has 2 rings (SSSR count). The van der Waals surface area contributed by atoms with Gasteiger partial charge in [-0.15, -0.1) is 0 Å². The van der Waals surface area contributed by atoms with E-state index in [2.05, 4.69) is 60.3 Å². The van der Waals surface area contributed by atoms with Gasteiger partial charge in [0.2, 0.25) is 0 Å². The zero-order valence-corrected chi connectivity index (χ0v) is 11.0. The minimum Gasteiger partial charge on any atom is -0.354 e. The fourth-order valence-corrected chi connectivity index (χ4v) is 2.20. The molecule has 0 amide bonds. The normalized spacial score (nSPS) is 12.6. The summed E-state index contributed by atoms with van der Waals surface area (Å²) in [6, 6.07) is 12.9. The molecule has 0 aliphatic carbocycles. The summed E-state index contributed by atoms with van der Waals surface area (Å²) in [6.45, 7) is 3.19. The summed E-state index contributed by atoms with van der Waals surface area (Å²) in [7, 11) is 0. The quantitative estimate of drug-likeness (QED) is 0.825. The molecule has 1 aromatic heterocycles. The maximum atomic E-state index is 6.11. The van der Waals surface area contributed by atoms with Gasteiger partial charge in [0.15, 0.2) is 0 Å². The van der Waals surface area contributed by atoms with Crippen LogP contribution in [0, 0.1) is 0 Å². The van der Waals surface area contributed by atoms with Crippen molar-refractivity contribution in [3.63, 3.8) is 0 Å². The minimum atomic E-state index is 0.188. The van der Waals surface area contributed by atoms with Crippen LogP contribution in [0.3, 0.4) is 0 Å². The molecule has 2 heteroatoms. The number of benzene rings is 1. The van der Waals surface area contributed by atoms with Crippen molar-refractivity contribution >= 4 is 0 Å². The molecular weight excluding hydrogens is 220 g/mol. The van der Waals surface area contributed by atoms with Crippen LogP contribution in [0.15, 0.2) is 48.8 Å². The second-order valence-electron chi connectivity index (χ2n) is 4.81. The highest BCUT2D eigenvalue weighted by atomic mass is 14.9. The van der Waals surface area contributed by atoms with Crippen LogP contribution < -0.4 is 5.73 Å². The Kier molecular flexibility index (Phi) is 4.59. The molecule has 0 aliphatic heterocycles. The first-order chi connectivity index (χ1) is 8.79. The second kappa shape index (κ2) is 6.41. The number of hydrogen-bond acceptors (Lipinski definition) is 1. The molecular formula is C16H22N2. The van der Waals surface area contributed by atoms with Gasteiger partial charge in [-0.2, -0.15) is 0 Å². The SMILES string of the molecule is CCCC(N)c1ccn(CCc2ccccc2)c1. The maximum Gasteiger partial charge on any atom is 0.0309 e. The first-order valence-electron chi connectivity index (χ1n) is 6.74. The van der Waals surface area contributed by atoms with Gasteiger partial charge in [-0.05, 0) is 30.0 Å². The Labute approximate surface area is 109 Å². The molecule has 0 saturated heterocycles. The molecule has 2 aromatic rings. The predicted molar refractivity (Wildman–Crippen MR) is 76.4 cm³/mol. The van der Waals surface area contributed by atoms with Gasteiger partial charge in [-0.1, -0.05) is 43.7 Å². The van der Waals surface area contributed by atoms with E-state index in [1.165, 1.54) is 11.1 Å². The van der Waals surface area contributed by atoms with E-state index >= 15 is 0 Å². The lowest BCUT2D eigenvalue weighted by atomic mass is 10.1. The van der Waals surface area contributed by atoms with Crippen molar-refractivity contribution in [1.29, 1.82) is 0 Å². The Hall–Kier alpha value is -1.54. The van der Waals surface area contributed by atoms with Crippen LogP contribution in [0.25, 0.3) is 0 Å². The van der Waals surface area contributed by atoms with Gasteiger partial charge in [0.1, 0.15) is 0 Å². The van der Waals surface area contributed by atoms with Crippen molar-refractivity contribution in [1.82, 2.24) is 4.57 Å². The molecule has 1 unspecified atom stereocenters. The molecule has 0 radical (unpaired) electrons. The van der Waals surface area contributed by atoms with Gasteiger partial charge in [-0.3, -0.25) is 0 Å². The first kappa shape index (κ1) is 12.9. The third kappa shape index (κ3) is 3.47. The molecule has 18 heavy (non-hydrogen) atoms. The van der Waals surface area contributed by atoms with Gasteiger partial charge in [0.05, 0.1) is 0 Å². The van der Waals surface area contributed by atoms with Crippen LogP contribution in [-0.4, -0.2) is 4.57 Å². The Balaban J connectivity index is 1.91. The van der Waals surface area contributed by atoms with Crippen molar-refractivity contribution in [2.24, 2.45) is 5.73 Å². The van der Waals surface area contributed by atoms with E-state index in [4.69, 9.17) is 5.73 Å². The van der Waals surface area contributed by atoms with E-state index in [1.807, 2.05) is 0 Å². The van der Waals surface area contributed by atoms with Gasteiger partial charge >= 0.3 is 0 Å². The van der Waals surface area contributed by atoms with E-state index in [0.717, 1.165) is 25.8 Å². The first-order valence-corrected chi connectivity index (χ1v) is 6.74. The van der Waals surface area contributed by atoms with Gasteiger partial charge in [0.25, 0.3) is 0 Å². The zero-order chi connectivity index (χ0) is 12.8. The lowest BCUT2D eigenvalue weighted by Gasteiger charge is -2.07. The highest BCUT2D eigenvalue weighted by Gasteiger charge is 2.06. The Bertz CT molecular complexity index is 459. The van der Waals surface area contributed by atoms with Gasteiger partial charge in [0, 0.05) is 25.0 Å². The van der Waals surface area contributed by atoms with Crippen LogP contribution in [0.5, 0.6) is 0 Å². The molecule has 0 fully saturated rings. The van der Waals surface area contributed by atoms with Crippen molar-refractivity contribution in [2.75, 3.05) is 0 Å². The van der Waals surface area contributed by atoms with Crippen LogP contribution in [0.2, 0.25) is 0 Å². The van der Waals surface area contributed by atoms with Crippen LogP contribution in [0.4, 0.5) is 0 Å². The van der Waals surface area contributed by atoms with Crippen LogP contribution in [0.1, 0.15) is 36.9 Å². The number of nitrogens with two attached hydrogens (primary N) is 1. The fourth-order valence-electron chi connectivity index (χ4n) is 2.20. The molecule has 0 aliphatic rings. The van der Waals surface area contributed by atoms with Crippen LogP contribution >= 0.6 is 0 Å². The number of nitrogens with zero attached hydrogens (tertiary/aromatic N) is 1. The number of rotatable bonds is 6. The van der Waals surface area contributed by atoms with E-state index in [0.29, 0.717) is 0 Å². The summed E-state index contributed by atoms with van der Waals surface area (Å²) in [5, 5.41) is 0. The molecule has 0 bridgehead atoms. The molecule has 2 nitrogen and oxygen atoms in total. The van der Waals surface area contributed by atoms with E-state index in [9.17, 15) is 0 Å². The van der Waals surface area contributed by atoms with Crippen molar-refractivity contribution in [2.45, 2.75) is 38.8 Å². The summed E-state index contributed by atoms with van der Waals surface area (Å²) < 4.78 is 2.23.